The second kappa shape index (κ2) is 7.39. The molecule has 23 heavy (non-hydrogen) atoms. The second-order valence-electron chi connectivity index (χ2n) is 5.39. The van der Waals surface area contributed by atoms with Crippen LogP contribution in [-0.4, -0.2) is 35.8 Å². The molecule has 0 saturated heterocycles. The predicted molar refractivity (Wildman–Crippen MR) is 82.3 cm³/mol. The third-order valence-electron chi connectivity index (χ3n) is 3.51. The van der Waals surface area contributed by atoms with Crippen LogP contribution in [0.15, 0.2) is 36.4 Å². The lowest BCUT2D eigenvalue weighted by molar-refractivity contribution is 0.123. The Hall–Kier alpha value is -2.18. The molecule has 6 heteroatoms. The van der Waals surface area contributed by atoms with Gasteiger partial charge >= 0.3 is 0 Å². The molecule has 0 amide bonds. The molecule has 0 aromatic heterocycles. The summed E-state index contributed by atoms with van der Waals surface area (Å²) in [5.41, 5.74) is 1.15. The zero-order valence-corrected chi connectivity index (χ0v) is 13.0. The number of likely N-dealkylation sites (N-methyl/N-ethyl adjacent to an activating group) is 1. The Labute approximate surface area is 133 Å². The first-order valence-corrected chi connectivity index (χ1v) is 7.08. The summed E-state index contributed by atoms with van der Waals surface area (Å²) in [5.74, 6) is -1.50. The molecule has 1 atom stereocenters. The molecular weight excluding hydrogens is 304 g/mol. The van der Waals surface area contributed by atoms with Gasteiger partial charge in [0.25, 0.3) is 0 Å². The molecular formula is C17H19F2NO3. The molecule has 2 rings (SSSR count). The third kappa shape index (κ3) is 4.40. The highest BCUT2D eigenvalue weighted by Crippen LogP contribution is 2.27. The number of benzene rings is 2. The first-order valence-electron chi connectivity index (χ1n) is 7.08. The van der Waals surface area contributed by atoms with Crippen molar-refractivity contribution in [3.8, 4) is 11.5 Å². The zero-order chi connectivity index (χ0) is 17.0. The van der Waals surface area contributed by atoms with Gasteiger partial charge in [0, 0.05) is 13.1 Å². The van der Waals surface area contributed by atoms with E-state index in [1.165, 1.54) is 13.2 Å². The van der Waals surface area contributed by atoms with E-state index in [9.17, 15) is 19.0 Å². The van der Waals surface area contributed by atoms with E-state index in [0.717, 1.165) is 17.7 Å². The molecule has 2 aromatic carbocycles. The Morgan fingerprint density at radius 3 is 2.48 bits per heavy atom. The van der Waals surface area contributed by atoms with E-state index in [1.807, 2.05) is 4.90 Å². The highest BCUT2D eigenvalue weighted by atomic mass is 19.2. The molecule has 0 saturated carbocycles. The number of rotatable bonds is 6. The zero-order valence-electron chi connectivity index (χ0n) is 13.0. The van der Waals surface area contributed by atoms with E-state index in [0.29, 0.717) is 17.9 Å². The van der Waals surface area contributed by atoms with Crippen LogP contribution in [0.2, 0.25) is 0 Å². The number of ether oxygens (including phenoxy) is 1. The van der Waals surface area contributed by atoms with E-state index in [4.69, 9.17) is 4.74 Å². The predicted octanol–water partition coefficient (Wildman–Crippen LogP) is 2.84. The lowest BCUT2D eigenvalue weighted by Gasteiger charge is -2.21. The Morgan fingerprint density at radius 1 is 1.13 bits per heavy atom. The number of nitrogens with zero attached hydrogens (tertiary/aromatic N) is 1. The quantitative estimate of drug-likeness (QED) is 0.858. The van der Waals surface area contributed by atoms with Gasteiger partial charge in [0.15, 0.2) is 23.1 Å². The van der Waals surface area contributed by atoms with Gasteiger partial charge in [-0.1, -0.05) is 12.1 Å². The molecule has 0 radical (unpaired) electrons. The van der Waals surface area contributed by atoms with Crippen LogP contribution >= 0.6 is 0 Å². The number of methoxy groups -OCH3 is 1. The molecule has 2 aromatic rings. The van der Waals surface area contributed by atoms with Crippen molar-refractivity contribution >= 4 is 0 Å². The summed E-state index contributed by atoms with van der Waals surface area (Å²) in [6, 6.07) is 8.39. The topological polar surface area (TPSA) is 52.9 Å². The Bertz CT molecular complexity index is 679. The van der Waals surface area contributed by atoms with Crippen molar-refractivity contribution in [1.82, 2.24) is 4.90 Å². The first-order chi connectivity index (χ1) is 10.9. The minimum Gasteiger partial charge on any atom is -0.504 e. The Morgan fingerprint density at radius 2 is 1.87 bits per heavy atom. The first kappa shape index (κ1) is 17.2. The van der Waals surface area contributed by atoms with Gasteiger partial charge in [0.1, 0.15) is 0 Å². The highest BCUT2D eigenvalue weighted by Gasteiger charge is 2.14. The van der Waals surface area contributed by atoms with Gasteiger partial charge < -0.3 is 14.9 Å². The number of aliphatic hydroxyl groups is 1. The lowest BCUT2D eigenvalue weighted by Crippen LogP contribution is -2.24. The largest absolute Gasteiger partial charge is 0.504 e. The summed E-state index contributed by atoms with van der Waals surface area (Å²) in [6.45, 7) is 0.705. The molecule has 0 aliphatic rings. The van der Waals surface area contributed by atoms with Crippen LogP contribution < -0.4 is 4.74 Å². The van der Waals surface area contributed by atoms with Crippen LogP contribution in [0.3, 0.4) is 0 Å². The van der Waals surface area contributed by atoms with Gasteiger partial charge in [-0.05, 0) is 42.4 Å². The number of aliphatic hydroxyl groups excluding tert-OH is 1. The van der Waals surface area contributed by atoms with E-state index in [1.54, 1.807) is 25.2 Å². The van der Waals surface area contributed by atoms with E-state index in [-0.39, 0.29) is 12.3 Å². The average molecular weight is 323 g/mol. The van der Waals surface area contributed by atoms with Crippen LogP contribution in [-0.2, 0) is 6.54 Å². The van der Waals surface area contributed by atoms with Crippen molar-refractivity contribution in [3.05, 3.63) is 59.2 Å². The van der Waals surface area contributed by atoms with E-state index >= 15 is 0 Å². The number of aromatic hydroxyl groups is 1. The van der Waals surface area contributed by atoms with Crippen LogP contribution in [0.1, 0.15) is 17.2 Å². The van der Waals surface area contributed by atoms with Crippen molar-refractivity contribution in [2.75, 3.05) is 20.7 Å². The Balaban J connectivity index is 1.99. The fourth-order valence-electron chi connectivity index (χ4n) is 2.33. The summed E-state index contributed by atoms with van der Waals surface area (Å²) in [5, 5.41) is 19.9. The number of phenols is 1. The minimum absolute atomic E-state index is 0.0413. The number of hydrogen-bond donors (Lipinski definition) is 2. The maximum atomic E-state index is 13.2. The maximum Gasteiger partial charge on any atom is 0.160 e. The number of hydrogen-bond acceptors (Lipinski definition) is 4. The van der Waals surface area contributed by atoms with Gasteiger partial charge in [-0.15, -0.1) is 0 Å². The van der Waals surface area contributed by atoms with Crippen molar-refractivity contribution < 1.29 is 23.7 Å². The minimum atomic E-state index is -0.982. The van der Waals surface area contributed by atoms with Crippen LogP contribution in [0.25, 0.3) is 0 Å². The molecule has 4 nitrogen and oxygen atoms in total. The van der Waals surface area contributed by atoms with Gasteiger partial charge in [-0.3, -0.25) is 4.90 Å². The SMILES string of the molecule is COc1ccc(CN(C)CC(O)c2ccc(F)c(F)c2)cc1O. The third-order valence-corrected chi connectivity index (χ3v) is 3.51. The fraction of sp³-hybridized carbons (Fsp3) is 0.294. The highest BCUT2D eigenvalue weighted by molar-refractivity contribution is 5.41. The van der Waals surface area contributed by atoms with Crippen molar-refractivity contribution in [1.29, 1.82) is 0 Å². The molecule has 0 aliphatic heterocycles. The summed E-state index contributed by atoms with van der Waals surface area (Å²) >= 11 is 0. The standard InChI is InChI=1S/C17H19F2NO3/c1-20(9-11-3-6-17(23-2)15(21)7-11)10-16(22)12-4-5-13(18)14(19)8-12/h3-8,16,21-22H,9-10H2,1-2H3. The molecule has 2 N–H and O–H groups in total. The maximum absolute atomic E-state index is 13.2. The fourth-order valence-corrected chi connectivity index (χ4v) is 2.33. The molecule has 0 bridgehead atoms. The van der Waals surface area contributed by atoms with E-state index < -0.39 is 17.7 Å². The molecule has 0 heterocycles. The second-order valence-corrected chi connectivity index (χ2v) is 5.39. The summed E-state index contributed by atoms with van der Waals surface area (Å²) in [4.78, 5) is 1.81. The molecule has 0 spiro atoms. The van der Waals surface area contributed by atoms with Crippen LogP contribution in [0, 0.1) is 11.6 Å². The monoisotopic (exact) mass is 323 g/mol. The van der Waals surface area contributed by atoms with E-state index in [2.05, 4.69) is 0 Å². The lowest BCUT2D eigenvalue weighted by atomic mass is 10.1. The van der Waals surface area contributed by atoms with Crippen LogP contribution in [0.4, 0.5) is 8.78 Å². The van der Waals surface area contributed by atoms with Gasteiger partial charge in [0.05, 0.1) is 13.2 Å². The normalized spacial score (nSPS) is 12.4. The van der Waals surface area contributed by atoms with Crippen molar-refractivity contribution in [3.63, 3.8) is 0 Å². The smallest absolute Gasteiger partial charge is 0.160 e. The summed E-state index contributed by atoms with van der Waals surface area (Å²) in [7, 11) is 3.25. The van der Waals surface area contributed by atoms with Crippen LogP contribution in [0.5, 0.6) is 11.5 Å². The summed E-state index contributed by atoms with van der Waals surface area (Å²) in [6.07, 6.45) is -0.943. The Kier molecular flexibility index (Phi) is 5.52. The van der Waals surface area contributed by atoms with Gasteiger partial charge in [-0.2, -0.15) is 0 Å². The van der Waals surface area contributed by atoms with Gasteiger partial charge in [-0.25, -0.2) is 8.78 Å². The molecule has 0 aliphatic carbocycles. The van der Waals surface area contributed by atoms with Crippen molar-refractivity contribution in [2.45, 2.75) is 12.6 Å². The summed E-state index contributed by atoms with van der Waals surface area (Å²) < 4.78 is 31.1. The van der Waals surface area contributed by atoms with Gasteiger partial charge in [0.2, 0.25) is 0 Å². The molecule has 1 unspecified atom stereocenters. The molecule has 124 valence electrons. The molecule has 0 fully saturated rings. The van der Waals surface area contributed by atoms with Crippen molar-refractivity contribution in [2.24, 2.45) is 0 Å². The average Bonchev–Trinajstić information content (AvgIpc) is 2.50. The number of phenolic OH excluding ortho intramolecular Hbond substituents is 1. The number of halogens is 2.